The molecule has 0 spiro atoms. The molecule has 0 N–H and O–H groups in total. The maximum Gasteiger partial charge on any atom is 0.280 e. The molecule has 0 radical (unpaired) electrons. The molecule has 0 aliphatic carbocycles. The maximum absolute atomic E-state index is 12.5. The molecular formula is C11H18ClFO. The molecule has 0 atom stereocenters. The van der Waals surface area contributed by atoms with Gasteiger partial charge in [0.1, 0.15) is 0 Å². The Morgan fingerprint density at radius 2 is 1.79 bits per heavy atom. The number of carbonyl (C=O) groups is 1. The second kappa shape index (κ2) is 9.20. The van der Waals surface area contributed by atoms with Crippen LogP contribution in [0.1, 0.15) is 51.9 Å². The van der Waals surface area contributed by atoms with E-state index in [1.165, 1.54) is 31.8 Å². The average molecular weight is 221 g/mol. The molecule has 0 saturated carbocycles. The lowest BCUT2D eigenvalue weighted by Gasteiger charge is -1.97. The fraction of sp³-hybridized carbons (Fsp3) is 0.727. The predicted octanol–water partition coefficient (Wildman–Crippen LogP) is 4.36. The minimum absolute atomic E-state index is 0.608. The minimum atomic E-state index is -0.990. The third kappa shape index (κ3) is 8.24. The van der Waals surface area contributed by atoms with Gasteiger partial charge < -0.3 is 0 Å². The third-order valence-electron chi connectivity index (χ3n) is 2.07. The van der Waals surface area contributed by atoms with Gasteiger partial charge in [-0.2, -0.15) is 0 Å². The first-order valence-electron chi connectivity index (χ1n) is 5.24. The fourth-order valence-electron chi connectivity index (χ4n) is 1.23. The van der Waals surface area contributed by atoms with Crippen LogP contribution in [0.3, 0.4) is 0 Å². The Morgan fingerprint density at radius 1 is 1.21 bits per heavy atom. The van der Waals surface area contributed by atoms with Gasteiger partial charge in [0.25, 0.3) is 5.24 Å². The Kier molecular flexibility index (Phi) is 8.95. The first kappa shape index (κ1) is 13.6. The van der Waals surface area contributed by atoms with Crippen LogP contribution in [0.15, 0.2) is 11.9 Å². The van der Waals surface area contributed by atoms with Crippen molar-refractivity contribution in [1.29, 1.82) is 0 Å². The Balaban J connectivity index is 3.29. The molecule has 0 amide bonds. The van der Waals surface area contributed by atoms with Gasteiger partial charge in [0.2, 0.25) is 0 Å². The molecule has 0 heterocycles. The molecule has 3 heteroatoms. The van der Waals surface area contributed by atoms with Gasteiger partial charge in [0, 0.05) is 0 Å². The van der Waals surface area contributed by atoms with E-state index in [0.29, 0.717) is 6.42 Å². The molecule has 0 aliphatic heterocycles. The lowest BCUT2D eigenvalue weighted by Crippen LogP contribution is -1.85. The van der Waals surface area contributed by atoms with Crippen molar-refractivity contribution in [1.82, 2.24) is 0 Å². The first-order chi connectivity index (χ1) is 6.68. The Bertz CT molecular complexity index is 190. The summed E-state index contributed by atoms with van der Waals surface area (Å²) < 4.78 is 12.5. The number of halogens is 2. The van der Waals surface area contributed by atoms with Gasteiger partial charge in [-0.1, -0.05) is 39.0 Å². The van der Waals surface area contributed by atoms with Crippen LogP contribution in [-0.4, -0.2) is 5.24 Å². The molecule has 14 heavy (non-hydrogen) atoms. The standard InChI is InChI=1S/C11H18ClFO/c1-2-3-4-5-6-7-8-9-10(13)11(12)14/h9H,2-8H2,1H3/b10-9-. The van der Waals surface area contributed by atoms with Crippen molar-refractivity contribution in [2.45, 2.75) is 51.9 Å². The van der Waals surface area contributed by atoms with Crippen molar-refractivity contribution >= 4 is 16.8 Å². The number of hydrogen-bond acceptors (Lipinski definition) is 1. The van der Waals surface area contributed by atoms with Crippen molar-refractivity contribution in [2.24, 2.45) is 0 Å². The number of rotatable bonds is 8. The molecule has 0 aromatic heterocycles. The van der Waals surface area contributed by atoms with Gasteiger partial charge in [-0.25, -0.2) is 4.39 Å². The van der Waals surface area contributed by atoms with E-state index in [0.717, 1.165) is 12.8 Å². The van der Waals surface area contributed by atoms with Crippen LogP contribution in [0.5, 0.6) is 0 Å². The van der Waals surface area contributed by atoms with E-state index in [2.05, 4.69) is 6.92 Å². The monoisotopic (exact) mass is 220 g/mol. The van der Waals surface area contributed by atoms with E-state index in [-0.39, 0.29) is 0 Å². The molecule has 1 nitrogen and oxygen atoms in total. The van der Waals surface area contributed by atoms with Gasteiger partial charge in [-0.05, 0) is 30.5 Å². The number of unbranched alkanes of at least 4 members (excludes halogenated alkanes) is 6. The quantitative estimate of drug-likeness (QED) is 0.338. The van der Waals surface area contributed by atoms with Crippen LogP contribution in [0.2, 0.25) is 0 Å². The largest absolute Gasteiger partial charge is 0.280 e. The van der Waals surface area contributed by atoms with Crippen LogP contribution in [-0.2, 0) is 4.79 Å². The lowest BCUT2D eigenvalue weighted by molar-refractivity contribution is -0.109. The van der Waals surface area contributed by atoms with Gasteiger partial charge in [-0.3, -0.25) is 4.79 Å². The summed E-state index contributed by atoms with van der Waals surface area (Å²) in [5, 5.41) is -0.990. The average Bonchev–Trinajstić information content (AvgIpc) is 2.16. The van der Waals surface area contributed by atoms with Crippen molar-refractivity contribution in [3.05, 3.63) is 11.9 Å². The normalized spacial score (nSPS) is 11.8. The summed E-state index contributed by atoms with van der Waals surface area (Å²) in [5.74, 6) is -0.819. The zero-order valence-electron chi connectivity index (χ0n) is 8.69. The van der Waals surface area contributed by atoms with Gasteiger partial charge >= 0.3 is 0 Å². The first-order valence-corrected chi connectivity index (χ1v) is 5.61. The minimum Gasteiger partial charge on any atom is -0.273 e. The summed E-state index contributed by atoms with van der Waals surface area (Å²) in [5.41, 5.74) is 0. The molecule has 0 fully saturated rings. The summed E-state index contributed by atoms with van der Waals surface area (Å²) in [6.07, 6.45) is 8.85. The second-order valence-electron chi connectivity index (χ2n) is 3.38. The molecular weight excluding hydrogens is 203 g/mol. The zero-order valence-corrected chi connectivity index (χ0v) is 9.45. The van der Waals surface area contributed by atoms with E-state index >= 15 is 0 Å². The van der Waals surface area contributed by atoms with Crippen LogP contribution < -0.4 is 0 Å². The summed E-state index contributed by atoms with van der Waals surface area (Å²) in [6.45, 7) is 2.17. The van der Waals surface area contributed by atoms with E-state index in [1.54, 1.807) is 0 Å². The highest BCUT2D eigenvalue weighted by Gasteiger charge is 2.01. The summed E-state index contributed by atoms with van der Waals surface area (Å²) in [7, 11) is 0. The van der Waals surface area contributed by atoms with E-state index in [9.17, 15) is 9.18 Å². The van der Waals surface area contributed by atoms with Crippen LogP contribution in [0, 0.1) is 0 Å². The molecule has 0 aliphatic rings. The van der Waals surface area contributed by atoms with Crippen molar-refractivity contribution in [3.63, 3.8) is 0 Å². The highest BCUT2D eigenvalue weighted by Crippen LogP contribution is 2.10. The van der Waals surface area contributed by atoms with Crippen molar-refractivity contribution < 1.29 is 9.18 Å². The van der Waals surface area contributed by atoms with Crippen molar-refractivity contribution in [2.75, 3.05) is 0 Å². The van der Waals surface area contributed by atoms with Gasteiger partial charge in [-0.15, -0.1) is 0 Å². The maximum atomic E-state index is 12.5. The Labute approximate surface area is 90.3 Å². The Morgan fingerprint density at radius 3 is 2.36 bits per heavy atom. The predicted molar refractivity (Wildman–Crippen MR) is 58.0 cm³/mol. The molecule has 0 aromatic carbocycles. The molecule has 0 unspecified atom stereocenters. The molecule has 0 aromatic rings. The van der Waals surface area contributed by atoms with Crippen LogP contribution in [0.25, 0.3) is 0 Å². The molecule has 82 valence electrons. The summed E-state index contributed by atoms with van der Waals surface area (Å²) in [4.78, 5) is 10.3. The third-order valence-corrected chi connectivity index (χ3v) is 2.25. The highest BCUT2D eigenvalue weighted by molar-refractivity contribution is 6.67. The highest BCUT2D eigenvalue weighted by atomic mass is 35.5. The van der Waals surface area contributed by atoms with Gasteiger partial charge in [0.15, 0.2) is 5.83 Å². The SMILES string of the molecule is CCCCCCCC/C=C(\F)C(=O)Cl. The van der Waals surface area contributed by atoms with E-state index < -0.39 is 11.1 Å². The smallest absolute Gasteiger partial charge is 0.273 e. The number of allylic oxidation sites excluding steroid dienone is 2. The van der Waals surface area contributed by atoms with Crippen LogP contribution in [0.4, 0.5) is 4.39 Å². The second-order valence-corrected chi connectivity index (χ2v) is 3.73. The summed E-state index contributed by atoms with van der Waals surface area (Å²) >= 11 is 4.93. The topological polar surface area (TPSA) is 17.1 Å². The van der Waals surface area contributed by atoms with Crippen LogP contribution >= 0.6 is 11.6 Å². The van der Waals surface area contributed by atoms with E-state index in [4.69, 9.17) is 11.6 Å². The fourth-order valence-corrected chi connectivity index (χ4v) is 1.31. The zero-order chi connectivity index (χ0) is 10.8. The summed E-state index contributed by atoms with van der Waals surface area (Å²) in [6, 6.07) is 0. The molecule has 0 saturated heterocycles. The number of carbonyl (C=O) groups excluding carboxylic acids is 1. The van der Waals surface area contributed by atoms with E-state index in [1.807, 2.05) is 0 Å². The molecule has 0 bridgehead atoms. The van der Waals surface area contributed by atoms with Gasteiger partial charge in [0.05, 0.1) is 0 Å². The lowest BCUT2D eigenvalue weighted by atomic mass is 10.1. The number of hydrogen-bond donors (Lipinski definition) is 0. The van der Waals surface area contributed by atoms with Crippen molar-refractivity contribution in [3.8, 4) is 0 Å². The molecule has 0 rings (SSSR count). The Hall–Kier alpha value is -0.370.